The molecule has 1 N–H and O–H groups in total. The molecule has 0 aliphatic carbocycles. The van der Waals surface area contributed by atoms with Gasteiger partial charge in [-0.15, -0.1) is 0 Å². The van der Waals surface area contributed by atoms with Gasteiger partial charge in [-0.25, -0.2) is 8.42 Å². The number of pyridine rings is 1. The minimum absolute atomic E-state index is 0.111. The molecule has 0 spiro atoms. The van der Waals surface area contributed by atoms with E-state index in [2.05, 4.69) is 10.3 Å². The Morgan fingerprint density at radius 3 is 2.39 bits per heavy atom. The van der Waals surface area contributed by atoms with Crippen molar-refractivity contribution >= 4 is 38.0 Å². The zero-order valence-electron chi connectivity index (χ0n) is 17.1. The van der Waals surface area contributed by atoms with Crippen LogP contribution in [0.3, 0.4) is 0 Å². The van der Waals surface area contributed by atoms with Crippen LogP contribution in [0, 0.1) is 6.92 Å². The van der Waals surface area contributed by atoms with Gasteiger partial charge >= 0.3 is 0 Å². The van der Waals surface area contributed by atoms with E-state index in [-0.39, 0.29) is 9.79 Å². The molecule has 0 aliphatic rings. The van der Waals surface area contributed by atoms with Crippen molar-refractivity contribution in [3.8, 4) is 5.75 Å². The first-order valence-corrected chi connectivity index (χ1v) is 11.5. The number of ether oxygens (including phenoxy) is 1. The molecule has 4 aromatic rings. The van der Waals surface area contributed by atoms with Crippen molar-refractivity contribution in [2.45, 2.75) is 23.3 Å². The number of sulfone groups is 1. The average molecular weight is 453 g/mol. The molecule has 7 heteroatoms. The van der Waals surface area contributed by atoms with Crippen molar-refractivity contribution in [1.29, 1.82) is 0 Å². The van der Waals surface area contributed by atoms with E-state index in [9.17, 15) is 8.42 Å². The molecule has 31 heavy (non-hydrogen) atoms. The molecule has 158 valence electrons. The average Bonchev–Trinajstić information content (AvgIpc) is 2.78. The molecule has 0 saturated heterocycles. The highest BCUT2D eigenvalue weighted by Gasteiger charge is 2.24. The summed E-state index contributed by atoms with van der Waals surface area (Å²) in [6.07, 6.45) is 1.40. The van der Waals surface area contributed by atoms with Crippen molar-refractivity contribution < 1.29 is 13.2 Å². The third-order valence-corrected chi connectivity index (χ3v) is 7.06. The SMILES string of the molecule is COc1ccc(CNc2c(S(=O)(=O)c3ccc(C)cc3)cnc3ccc(Cl)cc23)cc1. The normalized spacial score (nSPS) is 11.5. The summed E-state index contributed by atoms with van der Waals surface area (Å²) in [5.41, 5.74) is 3.10. The van der Waals surface area contributed by atoms with Crippen LogP contribution in [0.2, 0.25) is 5.02 Å². The Hall–Kier alpha value is -3.09. The molecule has 5 nitrogen and oxygen atoms in total. The summed E-state index contributed by atoms with van der Waals surface area (Å²) in [5.74, 6) is 0.757. The molecule has 0 unspecified atom stereocenters. The summed E-state index contributed by atoms with van der Waals surface area (Å²) in [4.78, 5) is 4.70. The van der Waals surface area contributed by atoms with Gasteiger partial charge < -0.3 is 10.1 Å². The number of rotatable bonds is 6. The number of nitrogens with one attached hydrogen (secondary N) is 1. The monoisotopic (exact) mass is 452 g/mol. The largest absolute Gasteiger partial charge is 0.497 e. The highest BCUT2D eigenvalue weighted by molar-refractivity contribution is 7.91. The molecule has 4 rings (SSSR count). The summed E-state index contributed by atoms with van der Waals surface area (Å²) < 4.78 is 32.1. The molecular formula is C24H21ClN2O3S. The number of methoxy groups -OCH3 is 1. The van der Waals surface area contributed by atoms with Gasteiger partial charge in [0.05, 0.1) is 23.2 Å². The Bertz CT molecular complexity index is 1340. The molecule has 0 fully saturated rings. The topological polar surface area (TPSA) is 68.3 Å². The van der Waals surface area contributed by atoms with Gasteiger partial charge in [-0.05, 0) is 55.0 Å². The number of benzene rings is 3. The van der Waals surface area contributed by atoms with E-state index in [1.807, 2.05) is 31.2 Å². The number of hydrogen-bond donors (Lipinski definition) is 1. The van der Waals surface area contributed by atoms with E-state index in [0.29, 0.717) is 28.2 Å². The number of aryl methyl sites for hydroxylation is 1. The summed E-state index contributed by atoms with van der Waals surface area (Å²) in [7, 11) is -2.18. The number of nitrogens with zero attached hydrogens (tertiary/aromatic N) is 1. The molecule has 0 bridgehead atoms. The Morgan fingerprint density at radius 2 is 1.71 bits per heavy atom. The first-order valence-electron chi connectivity index (χ1n) is 9.65. The van der Waals surface area contributed by atoms with Crippen molar-refractivity contribution in [1.82, 2.24) is 4.98 Å². The second-order valence-corrected chi connectivity index (χ2v) is 9.53. The van der Waals surface area contributed by atoms with Gasteiger partial charge in [0.15, 0.2) is 0 Å². The Morgan fingerprint density at radius 1 is 1.00 bits per heavy atom. The van der Waals surface area contributed by atoms with Crippen LogP contribution in [-0.2, 0) is 16.4 Å². The Kier molecular flexibility index (Phi) is 5.85. The second kappa shape index (κ2) is 8.57. The lowest BCUT2D eigenvalue weighted by molar-refractivity contribution is 0.414. The highest BCUT2D eigenvalue weighted by Crippen LogP contribution is 2.34. The standard InChI is InChI=1S/C24H21ClN2O3S/c1-16-3-10-20(11-4-16)31(28,29)23-15-26-22-12-7-18(25)13-21(22)24(23)27-14-17-5-8-19(30-2)9-6-17/h3-13,15H,14H2,1-2H3,(H,26,27). The molecule has 1 aromatic heterocycles. The molecule has 0 saturated carbocycles. The zero-order chi connectivity index (χ0) is 22.0. The predicted octanol–water partition coefficient (Wildman–Crippen LogP) is 5.65. The Balaban J connectivity index is 1.82. The predicted molar refractivity (Wildman–Crippen MR) is 124 cm³/mol. The zero-order valence-corrected chi connectivity index (χ0v) is 18.7. The molecule has 3 aromatic carbocycles. The quantitative estimate of drug-likeness (QED) is 0.409. The van der Waals surface area contributed by atoms with Crippen LogP contribution in [0.25, 0.3) is 10.9 Å². The van der Waals surface area contributed by atoms with Crippen molar-refractivity contribution in [2.24, 2.45) is 0 Å². The first kappa shape index (κ1) is 21.2. The maximum absolute atomic E-state index is 13.5. The minimum atomic E-state index is -3.79. The van der Waals surface area contributed by atoms with E-state index in [0.717, 1.165) is 16.9 Å². The maximum atomic E-state index is 13.5. The van der Waals surface area contributed by atoms with Crippen LogP contribution < -0.4 is 10.1 Å². The number of hydrogen-bond acceptors (Lipinski definition) is 5. The van der Waals surface area contributed by atoms with Crippen molar-refractivity contribution in [3.05, 3.63) is 89.1 Å². The van der Waals surface area contributed by atoms with Gasteiger partial charge in [0.2, 0.25) is 9.84 Å². The molecule has 1 heterocycles. The molecular weight excluding hydrogens is 432 g/mol. The van der Waals surface area contributed by atoms with E-state index in [4.69, 9.17) is 16.3 Å². The van der Waals surface area contributed by atoms with Crippen molar-refractivity contribution in [3.63, 3.8) is 0 Å². The fraction of sp³-hybridized carbons (Fsp3) is 0.125. The molecule has 0 atom stereocenters. The second-order valence-electron chi connectivity index (χ2n) is 7.18. The lowest BCUT2D eigenvalue weighted by Crippen LogP contribution is -2.09. The maximum Gasteiger partial charge on any atom is 0.210 e. The van der Waals surface area contributed by atoms with Crippen LogP contribution in [0.4, 0.5) is 5.69 Å². The van der Waals surface area contributed by atoms with E-state index in [1.54, 1.807) is 49.6 Å². The third-order valence-electron chi connectivity index (χ3n) is 5.04. The van der Waals surface area contributed by atoms with Gasteiger partial charge in [-0.1, -0.05) is 41.4 Å². The highest BCUT2D eigenvalue weighted by atomic mass is 35.5. The van der Waals surface area contributed by atoms with Gasteiger partial charge in [0.1, 0.15) is 10.6 Å². The summed E-state index contributed by atoms with van der Waals surface area (Å²) in [6.45, 7) is 2.34. The van der Waals surface area contributed by atoms with Gasteiger partial charge in [-0.3, -0.25) is 4.98 Å². The minimum Gasteiger partial charge on any atom is -0.497 e. The number of fused-ring (bicyclic) bond motifs is 1. The van der Waals surface area contributed by atoms with Crippen LogP contribution >= 0.6 is 11.6 Å². The van der Waals surface area contributed by atoms with Crippen LogP contribution in [-0.4, -0.2) is 20.5 Å². The first-order chi connectivity index (χ1) is 14.9. The lowest BCUT2D eigenvalue weighted by Gasteiger charge is -2.16. The summed E-state index contributed by atoms with van der Waals surface area (Å²) in [5, 5.41) is 4.46. The van der Waals surface area contributed by atoms with E-state index >= 15 is 0 Å². The fourth-order valence-electron chi connectivity index (χ4n) is 3.31. The molecule has 0 amide bonds. The van der Waals surface area contributed by atoms with Gasteiger partial charge in [0, 0.05) is 23.2 Å². The van der Waals surface area contributed by atoms with Crippen LogP contribution in [0.1, 0.15) is 11.1 Å². The van der Waals surface area contributed by atoms with E-state index in [1.165, 1.54) is 6.20 Å². The number of anilines is 1. The molecule has 0 aliphatic heterocycles. The number of aromatic nitrogens is 1. The number of halogens is 1. The third kappa shape index (κ3) is 4.36. The van der Waals surface area contributed by atoms with Gasteiger partial charge in [-0.2, -0.15) is 0 Å². The Labute approximate surface area is 186 Å². The summed E-state index contributed by atoms with van der Waals surface area (Å²) in [6, 6.07) is 19.6. The van der Waals surface area contributed by atoms with Crippen LogP contribution in [0.15, 0.2) is 82.7 Å². The smallest absolute Gasteiger partial charge is 0.210 e. The van der Waals surface area contributed by atoms with Crippen LogP contribution in [0.5, 0.6) is 5.75 Å². The fourth-order valence-corrected chi connectivity index (χ4v) is 4.87. The van der Waals surface area contributed by atoms with E-state index < -0.39 is 9.84 Å². The molecule has 0 radical (unpaired) electrons. The summed E-state index contributed by atoms with van der Waals surface area (Å²) >= 11 is 6.22. The lowest BCUT2D eigenvalue weighted by atomic mass is 10.1. The van der Waals surface area contributed by atoms with Crippen molar-refractivity contribution in [2.75, 3.05) is 12.4 Å². The van der Waals surface area contributed by atoms with Gasteiger partial charge in [0.25, 0.3) is 0 Å².